The van der Waals surface area contributed by atoms with E-state index < -0.39 is 12.1 Å². The van der Waals surface area contributed by atoms with Crippen LogP contribution in [0.3, 0.4) is 0 Å². The number of halogens is 1. The first-order valence-electron chi connectivity index (χ1n) is 12.8. The van der Waals surface area contributed by atoms with E-state index in [0.717, 1.165) is 27.9 Å². The standard InChI is InChI=1S/C31H29FN4O3/c1-2-23-21(16-33-18-28(37)20-7-4-3-5-8-20)9-6-10-26(23)35-29-24-15-27(19-11-13-22(32)14-12-19)36-30(24)34-17-25(29)31(38)39/h3-15,17,28,33,37H,2,16,18H2,1H3,(H,38,39)(H2,34,35,36). The number of nitrogens with zero attached hydrogens (tertiary/aromatic N) is 1. The lowest BCUT2D eigenvalue weighted by Gasteiger charge is -2.18. The summed E-state index contributed by atoms with van der Waals surface area (Å²) < 4.78 is 13.4. The van der Waals surface area contributed by atoms with Crippen LogP contribution in [-0.2, 0) is 13.0 Å². The molecule has 5 rings (SSSR count). The van der Waals surface area contributed by atoms with Crippen molar-refractivity contribution in [1.82, 2.24) is 15.3 Å². The molecule has 0 saturated carbocycles. The summed E-state index contributed by atoms with van der Waals surface area (Å²) in [5, 5.41) is 27.8. The van der Waals surface area contributed by atoms with Crippen molar-refractivity contribution in [2.24, 2.45) is 0 Å². The fourth-order valence-electron chi connectivity index (χ4n) is 4.76. The third-order valence-electron chi connectivity index (χ3n) is 6.77. The average molecular weight is 525 g/mol. The van der Waals surface area contributed by atoms with Gasteiger partial charge < -0.3 is 25.8 Å². The highest BCUT2D eigenvalue weighted by Gasteiger charge is 2.19. The number of carboxylic acids is 1. The SMILES string of the molecule is CCc1c(CNCC(O)c2ccccc2)cccc1Nc1c(C(=O)O)cnc2[nH]c(-c3ccc(F)cc3)cc12. The summed E-state index contributed by atoms with van der Waals surface area (Å²) in [6.45, 7) is 2.99. The molecular weight excluding hydrogens is 495 g/mol. The van der Waals surface area contributed by atoms with Crippen molar-refractivity contribution >= 4 is 28.4 Å². The van der Waals surface area contributed by atoms with Crippen LogP contribution in [0.25, 0.3) is 22.3 Å². The number of aliphatic hydroxyl groups excluding tert-OH is 1. The van der Waals surface area contributed by atoms with Crippen molar-refractivity contribution in [3.05, 3.63) is 113 Å². The number of fused-ring (bicyclic) bond motifs is 1. The van der Waals surface area contributed by atoms with Crippen molar-refractivity contribution in [1.29, 1.82) is 0 Å². The highest BCUT2D eigenvalue weighted by molar-refractivity contribution is 6.06. The second-order valence-corrected chi connectivity index (χ2v) is 9.28. The number of hydrogen-bond acceptors (Lipinski definition) is 5. The summed E-state index contributed by atoms with van der Waals surface area (Å²) in [6, 6.07) is 23.3. The van der Waals surface area contributed by atoms with E-state index in [4.69, 9.17) is 0 Å². The quantitative estimate of drug-likeness (QED) is 0.149. The zero-order valence-corrected chi connectivity index (χ0v) is 21.4. The van der Waals surface area contributed by atoms with E-state index in [1.807, 2.05) is 61.5 Å². The molecule has 39 heavy (non-hydrogen) atoms. The van der Waals surface area contributed by atoms with Gasteiger partial charge in [0.2, 0.25) is 0 Å². The molecule has 0 saturated heterocycles. The minimum atomic E-state index is -1.10. The van der Waals surface area contributed by atoms with Gasteiger partial charge in [-0.05, 0) is 65.1 Å². The minimum absolute atomic E-state index is 0.0451. The molecule has 0 spiro atoms. The van der Waals surface area contributed by atoms with E-state index in [9.17, 15) is 19.4 Å². The third kappa shape index (κ3) is 5.67. The Balaban J connectivity index is 1.44. The third-order valence-corrected chi connectivity index (χ3v) is 6.77. The largest absolute Gasteiger partial charge is 0.478 e. The number of aromatic carboxylic acids is 1. The normalized spacial score (nSPS) is 12.0. The number of carboxylic acid groups (broad SMARTS) is 1. The Labute approximate surface area is 225 Å². The van der Waals surface area contributed by atoms with Gasteiger partial charge in [0, 0.05) is 36.1 Å². The van der Waals surface area contributed by atoms with E-state index in [2.05, 4.69) is 20.6 Å². The number of benzene rings is 3. The van der Waals surface area contributed by atoms with Crippen molar-refractivity contribution in [3.63, 3.8) is 0 Å². The first-order chi connectivity index (χ1) is 18.9. The Kier molecular flexibility index (Phi) is 7.67. The molecule has 0 aliphatic carbocycles. The van der Waals surface area contributed by atoms with Gasteiger partial charge in [0.05, 0.1) is 11.8 Å². The molecule has 5 aromatic rings. The van der Waals surface area contributed by atoms with Crippen molar-refractivity contribution in [2.75, 3.05) is 11.9 Å². The number of aromatic nitrogens is 2. The molecule has 198 valence electrons. The Hall–Kier alpha value is -4.53. The Morgan fingerprint density at radius 1 is 1.05 bits per heavy atom. The van der Waals surface area contributed by atoms with Gasteiger partial charge in [-0.3, -0.25) is 0 Å². The van der Waals surface area contributed by atoms with Crippen LogP contribution in [0.5, 0.6) is 0 Å². The Morgan fingerprint density at radius 2 is 1.82 bits per heavy atom. The number of rotatable bonds is 10. The van der Waals surface area contributed by atoms with E-state index >= 15 is 0 Å². The lowest BCUT2D eigenvalue weighted by atomic mass is 10.0. The van der Waals surface area contributed by atoms with Crippen molar-refractivity contribution < 1.29 is 19.4 Å². The average Bonchev–Trinajstić information content (AvgIpc) is 3.39. The summed E-state index contributed by atoms with van der Waals surface area (Å²) in [7, 11) is 0. The highest BCUT2D eigenvalue weighted by Crippen LogP contribution is 2.34. The van der Waals surface area contributed by atoms with Crippen LogP contribution in [0.15, 0.2) is 85.1 Å². The number of aliphatic hydroxyl groups is 1. The Morgan fingerprint density at radius 3 is 2.54 bits per heavy atom. The molecule has 0 aliphatic heterocycles. The molecular formula is C31H29FN4O3. The van der Waals surface area contributed by atoms with E-state index in [-0.39, 0.29) is 11.4 Å². The van der Waals surface area contributed by atoms with Crippen LogP contribution < -0.4 is 10.6 Å². The summed E-state index contributed by atoms with van der Waals surface area (Å²) in [6.07, 6.45) is 1.43. The predicted molar refractivity (Wildman–Crippen MR) is 151 cm³/mol. The summed E-state index contributed by atoms with van der Waals surface area (Å²) in [5.41, 5.74) is 6.19. The topological polar surface area (TPSA) is 110 Å². The number of nitrogens with one attached hydrogen (secondary N) is 3. The van der Waals surface area contributed by atoms with E-state index in [1.165, 1.54) is 18.3 Å². The molecule has 1 atom stereocenters. The molecule has 0 radical (unpaired) electrons. The number of H-pyrrole nitrogens is 1. The highest BCUT2D eigenvalue weighted by atomic mass is 19.1. The first-order valence-corrected chi connectivity index (χ1v) is 12.8. The molecule has 7 nitrogen and oxygen atoms in total. The molecule has 3 aromatic carbocycles. The molecule has 0 fully saturated rings. The van der Waals surface area contributed by atoms with Crippen molar-refractivity contribution in [3.8, 4) is 11.3 Å². The lowest BCUT2D eigenvalue weighted by Crippen LogP contribution is -2.21. The molecule has 8 heteroatoms. The molecule has 0 amide bonds. The smallest absolute Gasteiger partial charge is 0.339 e. The lowest BCUT2D eigenvalue weighted by molar-refractivity contribution is 0.0697. The van der Waals surface area contributed by atoms with Gasteiger partial charge in [-0.25, -0.2) is 14.2 Å². The molecule has 2 heterocycles. The number of anilines is 2. The second-order valence-electron chi connectivity index (χ2n) is 9.28. The van der Waals surface area contributed by atoms with Gasteiger partial charge in [0.15, 0.2) is 0 Å². The predicted octanol–water partition coefficient (Wildman–Crippen LogP) is 6.20. The fourth-order valence-corrected chi connectivity index (χ4v) is 4.76. The summed E-state index contributed by atoms with van der Waals surface area (Å²) >= 11 is 0. The van der Waals surface area contributed by atoms with Crippen LogP contribution in [0, 0.1) is 5.82 Å². The fraction of sp³-hybridized carbons (Fsp3) is 0.161. The molecule has 5 N–H and O–H groups in total. The van der Waals surface area contributed by atoms with E-state index in [1.54, 1.807) is 12.1 Å². The zero-order valence-electron chi connectivity index (χ0n) is 21.4. The van der Waals surface area contributed by atoms with Crippen LogP contribution in [0.2, 0.25) is 0 Å². The maximum absolute atomic E-state index is 13.4. The molecule has 1 unspecified atom stereocenters. The van der Waals surface area contributed by atoms with Gasteiger partial charge in [-0.15, -0.1) is 0 Å². The van der Waals surface area contributed by atoms with Gasteiger partial charge in [0.1, 0.15) is 17.0 Å². The van der Waals surface area contributed by atoms with Crippen LogP contribution in [0.4, 0.5) is 15.8 Å². The summed E-state index contributed by atoms with van der Waals surface area (Å²) in [4.78, 5) is 19.7. The van der Waals surface area contributed by atoms with Gasteiger partial charge in [-0.1, -0.05) is 49.4 Å². The monoisotopic (exact) mass is 524 g/mol. The Bertz CT molecular complexity index is 1600. The molecule has 0 aliphatic rings. The zero-order chi connectivity index (χ0) is 27.4. The maximum Gasteiger partial charge on any atom is 0.339 e. The number of carbonyl (C=O) groups is 1. The van der Waals surface area contributed by atoms with Gasteiger partial charge in [-0.2, -0.15) is 0 Å². The van der Waals surface area contributed by atoms with Crippen LogP contribution >= 0.6 is 0 Å². The minimum Gasteiger partial charge on any atom is -0.478 e. The molecule has 0 bridgehead atoms. The van der Waals surface area contributed by atoms with Crippen LogP contribution in [-0.4, -0.2) is 32.7 Å². The second kappa shape index (κ2) is 11.5. The number of pyridine rings is 1. The van der Waals surface area contributed by atoms with Crippen LogP contribution in [0.1, 0.15) is 40.1 Å². The number of hydrogen-bond donors (Lipinski definition) is 5. The maximum atomic E-state index is 13.4. The molecule has 2 aromatic heterocycles. The number of aromatic amines is 1. The van der Waals surface area contributed by atoms with Gasteiger partial charge >= 0.3 is 5.97 Å². The first kappa shape index (κ1) is 26.1. The van der Waals surface area contributed by atoms with E-state index in [0.29, 0.717) is 41.9 Å². The van der Waals surface area contributed by atoms with Gasteiger partial charge in [0.25, 0.3) is 0 Å². The van der Waals surface area contributed by atoms with Crippen molar-refractivity contribution in [2.45, 2.75) is 26.0 Å². The summed E-state index contributed by atoms with van der Waals surface area (Å²) in [5.74, 6) is -1.43.